The number of benzene rings is 1. The number of carbonyl (C=O) groups excluding carboxylic acids is 1. The molecule has 0 spiro atoms. The predicted octanol–water partition coefficient (Wildman–Crippen LogP) is 2.70. The maximum Gasteiger partial charge on any atom is 0.257 e. The van der Waals surface area contributed by atoms with Gasteiger partial charge in [-0.1, -0.05) is 6.07 Å². The molecule has 1 aliphatic heterocycles. The van der Waals surface area contributed by atoms with E-state index in [4.69, 9.17) is 14.7 Å². The van der Waals surface area contributed by atoms with Crippen molar-refractivity contribution in [2.75, 3.05) is 26.3 Å². The second kappa shape index (κ2) is 6.86. The Bertz CT molecular complexity index is 999. The lowest BCUT2D eigenvalue weighted by atomic mass is 10.1. The molecular weight excluding hydrogens is 332 g/mol. The molecule has 0 atom stereocenters. The van der Waals surface area contributed by atoms with E-state index in [0.717, 1.165) is 0 Å². The number of hydrogen-bond acceptors (Lipinski definition) is 5. The maximum absolute atomic E-state index is 12.8. The number of nitriles is 1. The Labute approximate surface area is 149 Å². The zero-order valence-corrected chi connectivity index (χ0v) is 13.9. The summed E-state index contributed by atoms with van der Waals surface area (Å²) in [7, 11) is 0. The lowest BCUT2D eigenvalue weighted by molar-refractivity contribution is 0.0304. The summed E-state index contributed by atoms with van der Waals surface area (Å²) in [6.07, 6.45) is 3.28. The Kier molecular flexibility index (Phi) is 4.25. The minimum absolute atomic E-state index is 0.0775. The van der Waals surface area contributed by atoms with Gasteiger partial charge in [-0.05, 0) is 24.3 Å². The number of pyridine rings is 1. The van der Waals surface area contributed by atoms with Crippen molar-refractivity contribution in [3.8, 4) is 17.7 Å². The van der Waals surface area contributed by atoms with Crippen LogP contribution in [0.4, 0.5) is 0 Å². The first-order chi connectivity index (χ1) is 12.8. The first-order valence-corrected chi connectivity index (χ1v) is 8.27. The van der Waals surface area contributed by atoms with Crippen LogP contribution in [0.15, 0.2) is 42.7 Å². The SMILES string of the molecule is N#Cc1cccc(Oc2ncc(C(=O)N3CCOCC3)c3[nH]ccc23)c1. The van der Waals surface area contributed by atoms with Crippen molar-refractivity contribution in [3.05, 3.63) is 53.9 Å². The molecule has 2 aromatic heterocycles. The van der Waals surface area contributed by atoms with Crippen LogP contribution < -0.4 is 4.74 Å². The first-order valence-electron chi connectivity index (χ1n) is 8.27. The zero-order chi connectivity index (χ0) is 17.9. The van der Waals surface area contributed by atoms with E-state index < -0.39 is 0 Å². The molecule has 0 saturated carbocycles. The minimum Gasteiger partial charge on any atom is -0.438 e. The highest BCUT2D eigenvalue weighted by atomic mass is 16.5. The van der Waals surface area contributed by atoms with Crippen LogP contribution in [0.1, 0.15) is 15.9 Å². The third-order valence-electron chi connectivity index (χ3n) is 4.26. The molecule has 0 bridgehead atoms. The second-order valence-electron chi connectivity index (χ2n) is 5.89. The molecule has 0 unspecified atom stereocenters. The molecule has 0 aliphatic carbocycles. The summed E-state index contributed by atoms with van der Waals surface area (Å²) in [5.74, 6) is 0.826. The molecule has 0 radical (unpaired) electrons. The number of carbonyl (C=O) groups is 1. The summed E-state index contributed by atoms with van der Waals surface area (Å²) in [6, 6.07) is 10.8. The number of fused-ring (bicyclic) bond motifs is 1. The van der Waals surface area contributed by atoms with E-state index >= 15 is 0 Å². The average Bonchev–Trinajstić information content (AvgIpc) is 3.19. The monoisotopic (exact) mass is 348 g/mol. The van der Waals surface area contributed by atoms with E-state index in [1.165, 1.54) is 6.20 Å². The molecule has 26 heavy (non-hydrogen) atoms. The van der Waals surface area contributed by atoms with Gasteiger partial charge in [0.15, 0.2) is 0 Å². The summed E-state index contributed by atoms with van der Waals surface area (Å²) in [5.41, 5.74) is 1.69. The average molecular weight is 348 g/mol. The first kappa shape index (κ1) is 16.1. The maximum atomic E-state index is 12.8. The fourth-order valence-corrected chi connectivity index (χ4v) is 2.95. The lowest BCUT2D eigenvalue weighted by Gasteiger charge is -2.27. The van der Waals surface area contributed by atoms with Crippen LogP contribution in [-0.2, 0) is 4.74 Å². The minimum atomic E-state index is -0.0775. The predicted molar refractivity (Wildman–Crippen MR) is 94.0 cm³/mol. The lowest BCUT2D eigenvalue weighted by Crippen LogP contribution is -2.40. The van der Waals surface area contributed by atoms with Crippen molar-refractivity contribution < 1.29 is 14.3 Å². The molecule has 3 aromatic rings. The Morgan fingerprint density at radius 3 is 2.96 bits per heavy atom. The molecule has 1 aromatic carbocycles. The number of hydrogen-bond donors (Lipinski definition) is 1. The fraction of sp³-hybridized carbons (Fsp3) is 0.211. The van der Waals surface area contributed by atoms with Gasteiger partial charge in [-0.2, -0.15) is 5.26 Å². The molecule has 1 aliphatic rings. The van der Waals surface area contributed by atoms with Crippen LogP contribution >= 0.6 is 0 Å². The van der Waals surface area contributed by atoms with Crippen molar-refractivity contribution >= 4 is 16.8 Å². The topological polar surface area (TPSA) is 91.2 Å². The van der Waals surface area contributed by atoms with Crippen LogP contribution in [0.3, 0.4) is 0 Å². The van der Waals surface area contributed by atoms with E-state index in [1.807, 2.05) is 6.07 Å². The Balaban J connectivity index is 1.67. The quantitative estimate of drug-likeness (QED) is 0.786. The summed E-state index contributed by atoms with van der Waals surface area (Å²) in [5, 5.41) is 9.73. The van der Waals surface area contributed by atoms with Gasteiger partial charge < -0.3 is 19.4 Å². The highest BCUT2D eigenvalue weighted by Gasteiger charge is 2.22. The number of rotatable bonds is 3. The molecule has 7 heteroatoms. The Morgan fingerprint density at radius 1 is 1.31 bits per heavy atom. The van der Waals surface area contributed by atoms with Crippen LogP contribution in [0.5, 0.6) is 11.6 Å². The standard InChI is InChI=1S/C19H16N4O3/c20-11-13-2-1-3-14(10-13)26-18-15-4-5-21-17(15)16(12-22-18)19(24)23-6-8-25-9-7-23/h1-5,10,12,21H,6-9H2. The second-order valence-corrected chi connectivity index (χ2v) is 5.89. The van der Waals surface area contributed by atoms with Crippen molar-refractivity contribution in [1.82, 2.24) is 14.9 Å². The van der Waals surface area contributed by atoms with Crippen LogP contribution in [0.25, 0.3) is 10.9 Å². The van der Waals surface area contributed by atoms with Gasteiger partial charge in [0, 0.05) is 25.5 Å². The van der Waals surface area contributed by atoms with E-state index in [1.54, 1.807) is 35.4 Å². The Morgan fingerprint density at radius 2 is 2.15 bits per heavy atom. The molecule has 1 saturated heterocycles. The summed E-state index contributed by atoms with van der Waals surface area (Å²) in [6.45, 7) is 2.23. The van der Waals surface area contributed by atoms with Crippen molar-refractivity contribution in [3.63, 3.8) is 0 Å². The normalized spacial score (nSPS) is 14.2. The largest absolute Gasteiger partial charge is 0.438 e. The number of aromatic amines is 1. The smallest absolute Gasteiger partial charge is 0.257 e. The number of amides is 1. The van der Waals surface area contributed by atoms with Gasteiger partial charge in [0.05, 0.1) is 41.3 Å². The molecule has 3 heterocycles. The summed E-state index contributed by atoms with van der Waals surface area (Å²) < 4.78 is 11.1. The van der Waals surface area contributed by atoms with E-state index in [-0.39, 0.29) is 5.91 Å². The fourth-order valence-electron chi connectivity index (χ4n) is 2.95. The molecule has 7 nitrogen and oxygen atoms in total. The van der Waals surface area contributed by atoms with Gasteiger partial charge in [-0.25, -0.2) is 4.98 Å². The van der Waals surface area contributed by atoms with E-state index in [0.29, 0.717) is 60.0 Å². The third-order valence-corrected chi connectivity index (χ3v) is 4.26. The van der Waals surface area contributed by atoms with Crippen LogP contribution in [0.2, 0.25) is 0 Å². The van der Waals surface area contributed by atoms with E-state index in [2.05, 4.69) is 16.0 Å². The zero-order valence-electron chi connectivity index (χ0n) is 13.9. The number of aromatic nitrogens is 2. The van der Waals surface area contributed by atoms with Crippen molar-refractivity contribution in [2.45, 2.75) is 0 Å². The van der Waals surface area contributed by atoms with Crippen molar-refractivity contribution in [1.29, 1.82) is 5.26 Å². The molecule has 1 amide bonds. The molecular formula is C19H16N4O3. The number of nitrogens with zero attached hydrogens (tertiary/aromatic N) is 3. The van der Waals surface area contributed by atoms with Crippen LogP contribution in [0, 0.1) is 11.3 Å². The van der Waals surface area contributed by atoms with Gasteiger partial charge in [0.25, 0.3) is 5.91 Å². The van der Waals surface area contributed by atoms with Gasteiger partial charge >= 0.3 is 0 Å². The number of ether oxygens (including phenoxy) is 2. The van der Waals surface area contributed by atoms with Gasteiger partial charge in [-0.15, -0.1) is 0 Å². The number of H-pyrrole nitrogens is 1. The molecule has 1 N–H and O–H groups in total. The number of nitrogens with one attached hydrogen (secondary N) is 1. The highest BCUT2D eigenvalue weighted by Crippen LogP contribution is 2.30. The van der Waals surface area contributed by atoms with Gasteiger partial charge in [-0.3, -0.25) is 4.79 Å². The van der Waals surface area contributed by atoms with Crippen LogP contribution in [-0.4, -0.2) is 47.1 Å². The van der Waals surface area contributed by atoms with Crippen molar-refractivity contribution in [2.24, 2.45) is 0 Å². The van der Waals surface area contributed by atoms with Gasteiger partial charge in [0.1, 0.15) is 5.75 Å². The van der Waals surface area contributed by atoms with E-state index in [9.17, 15) is 4.79 Å². The highest BCUT2D eigenvalue weighted by molar-refractivity contribution is 6.06. The molecule has 4 rings (SSSR count). The molecule has 130 valence electrons. The third kappa shape index (κ3) is 2.98. The molecule has 1 fully saturated rings. The summed E-state index contributed by atoms with van der Waals surface area (Å²) >= 11 is 0. The van der Waals surface area contributed by atoms with Gasteiger partial charge in [0.2, 0.25) is 5.88 Å². The Hall–Kier alpha value is -3.37. The number of morpholine rings is 1. The summed E-state index contributed by atoms with van der Waals surface area (Å²) in [4.78, 5) is 22.0.